The van der Waals surface area contributed by atoms with Crippen molar-refractivity contribution >= 4 is 5.97 Å². The van der Waals surface area contributed by atoms with Crippen LogP contribution in [0.2, 0.25) is 0 Å². The van der Waals surface area contributed by atoms with Gasteiger partial charge < -0.3 is 4.74 Å². The normalized spacial score (nSPS) is 12.1. The summed E-state index contributed by atoms with van der Waals surface area (Å²) < 4.78 is 5.57. The number of unbranched alkanes of at least 4 members (excludes halogenated alkanes) is 1. The minimum absolute atomic E-state index is 0.0906. The quantitative estimate of drug-likeness (QED) is 0.411. The highest BCUT2D eigenvalue weighted by Crippen LogP contribution is 2.18. The van der Waals surface area contributed by atoms with Gasteiger partial charge in [0.05, 0.1) is 6.61 Å². The minimum atomic E-state index is -0.211. The topological polar surface area (TPSA) is 29.5 Å². The SMILES string of the molecule is CCCCOC(=O)[C@H](CCC)N(Cc1ccccc1)Cc1ccccc1. The summed E-state index contributed by atoms with van der Waals surface area (Å²) in [5.41, 5.74) is 2.43. The average Bonchev–Trinajstić information content (AvgIpc) is 2.67. The molecule has 0 amide bonds. The predicted molar refractivity (Wildman–Crippen MR) is 107 cm³/mol. The summed E-state index contributed by atoms with van der Waals surface area (Å²) >= 11 is 0. The van der Waals surface area contributed by atoms with Crippen molar-refractivity contribution in [3.8, 4) is 0 Å². The second-order valence-corrected chi connectivity index (χ2v) is 6.70. The molecule has 0 N–H and O–H groups in total. The Morgan fingerprint density at radius 3 is 1.88 bits per heavy atom. The van der Waals surface area contributed by atoms with Crippen molar-refractivity contribution in [1.82, 2.24) is 4.90 Å². The first-order valence-electron chi connectivity index (χ1n) is 9.73. The van der Waals surface area contributed by atoms with E-state index in [1.54, 1.807) is 0 Å². The fraction of sp³-hybridized carbons (Fsp3) is 0.435. The third-order valence-corrected chi connectivity index (χ3v) is 4.47. The van der Waals surface area contributed by atoms with Gasteiger partial charge in [0.2, 0.25) is 0 Å². The average molecular weight is 354 g/mol. The van der Waals surface area contributed by atoms with E-state index in [1.807, 2.05) is 36.4 Å². The van der Waals surface area contributed by atoms with E-state index in [0.29, 0.717) is 6.61 Å². The Morgan fingerprint density at radius 2 is 1.42 bits per heavy atom. The highest BCUT2D eigenvalue weighted by molar-refractivity contribution is 5.75. The number of nitrogens with zero attached hydrogens (tertiary/aromatic N) is 1. The van der Waals surface area contributed by atoms with Gasteiger partial charge in [-0.25, -0.2) is 0 Å². The summed E-state index contributed by atoms with van der Waals surface area (Å²) in [6.45, 7) is 6.22. The molecule has 0 saturated heterocycles. The molecule has 3 nitrogen and oxygen atoms in total. The van der Waals surface area contributed by atoms with Gasteiger partial charge in [-0.3, -0.25) is 9.69 Å². The molecular weight excluding hydrogens is 322 g/mol. The molecule has 2 aromatic rings. The maximum Gasteiger partial charge on any atom is 0.323 e. The zero-order valence-electron chi connectivity index (χ0n) is 16.1. The lowest BCUT2D eigenvalue weighted by molar-refractivity contribution is -0.151. The monoisotopic (exact) mass is 353 g/mol. The maximum atomic E-state index is 12.8. The second kappa shape index (κ2) is 11.5. The Morgan fingerprint density at radius 1 is 0.885 bits per heavy atom. The summed E-state index contributed by atoms with van der Waals surface area (Å²) in [4.78, 5) is 15.0. The third kappa shape index (κ3) is 6.64. The van der Waals surface area contributed by atoms with E-state index >= 15 is 0 Å². The second-order valence-electron chi connectivity index (χ2n) is 6.70. The Bertz CT molecular complexity index is 586. The smallest absolute Gasteiger partial charge is 0.323 e. The van der Waals surface area contributed by atoms with Crippen molar-refractivity contribution < 1.29 is 9.53 Å². The van der Waals surface area contributed by atoms with Crippen molar-refractivity contribution in [3.63, 3.8) is 0 Å². The number of carbonyl (C=O) groups excluding carboxylic acids is 1. The lowest BCUT2D eigenvalue weighted by Crippen LogP contribution is -2.41. The van der Waals surface area contributed by atoms with Gasteiger partial charge in [-0.15, -0.1) is 0 Å². The first-order valence-corrected chi connectivity index (χ1v) is 9.73. The van der Waals surface area contributed by atoms with Gasteiger partial charge in [0, 0.05) is 13.1 Å². The number of ether oxygens (including phenoxy) is 1. The molecule has 140 valence electrons. The number of esters is 1. The third-order valence-electron chi connectivity index (χ3n) is 4.47. The molecule has 2 aromatic carbocycles. The summed E-state index contributed by atoms with van der Waals surface area (Å²) in [5.74, 6) is -0.0906. The Kier molecular flexibility index (Phi) is 8.91. The van der Waals surface area contributed by atoms with Gasteiger partial charge in [-0.2, -0.15) is 0 Å². The van der Waals surface area contributed by atoms with Gasteiger partial charge >= 0.3 is 5.97 Å². The number of hydrogen-bond donors (Lipinski definition) is 0. The van der Waals surface area contributed by atoms with Gasteiger partial charge in [0.1, 0.15) is 6.04 Å². The lowest BCUT2D eigenvalue weighted by atomic mass is 10.1. The van der Waals surface area contributed by atoms with E-state index in [4.69, 9.17) is 4.74 Å². The first-order chi connectivity index (χ1) is 12.7. The molecular formula is C23H31NO2. The molecule has 0 heterocycles. The molecule has 0 unspecified atom stereocenters. The van der Waals surface area contributed by atoms with Crippen molar-refractivity contribution in [2.45, 2.75) is 58.7 Å². The van der Waals surface area contributed by atoms with Crippen LogP contribution in [0, 0.1) is 0 Å². The fourth-order valence-corrected chi connectivity index (χ4v) is 3.05. The van der Waals surface area contributed by atoms with Crippen molar-refractivity contribution in [3.05, 3.63) is 71.8 Å². The van der Waals surface area contributed by atoms with Crippen LogP contribution in [0.5, 0.6) is 0 Å². The van der Waals surface area contributed by atoms with Crippen LogP contribution in [0.25, 0.3) is 0 Å². The molecule has 0 saturated carbocycles. The van der Waals surface area contributed by atoms with Crippen LogP contribution >= 0.6 is 0 Å². The summed E-state index contributed by atoms with van der Waals surface area (Å²) in [7, 11) is 0. The highest BCUT2D eigenvalue weighted by atomic mass is 16.5. The van der Waals surface area contributed by atoms with Gasteiger partial charge in [0.15, 0.2) is 0 Å². The number of benzene rings is 2. The van der Waals surface area contributed by atoms with Crippen molar-refractivity contribution in [1.29, 1.82) is 0 Å². The predicted octanol–water partition coefficient (Wildman–Crippen LogP) is 5.20. The number of rotatable bonds is 11. The van der Waals surface area contributed by atoms with Crippen LogP contribution in [0.15, 0.2) is 60.7 Å². The molecule has 2 rings (SSSR count). The molecule has 0 spiro atoms. The Labute approximate surface area is 158 Å². The molecule has 3 heteroatoms. The Hall–Kier alpha value is -2.13. The molecule has 0 fully saturated rings. The van der Waals surface area contributed by atoms with Crippen molar-refractivity contribution in [2.75, 3.05) is 6.61 Å². The standard InChI is InChI=1S/C23H31NO2/c1-3-5-17-26-23(25)22(12-4-2)24(18-20-13-8-6-9-14-20)19-21-15-10-7-11-16-21/h6-11,13-16,22H,3-5,12,17-19H2,1-2H3/t22-/m0/s1. The Balaban J connectivity index is 2.18. The van der Waals surface area contributed by atoms with Crippen molar-refractivity contribution in [2.24, 2.45) is 0 Å². The summed E-state index contributed by atoms with van der Waals surface area (Å²) in [5, 5.41) is 0. The number of hydrogen-bond acceptors (Lipinski definition) is 3. The molecule has 1 atom stereocenters. The molecule has 0 radical (unpaired) electrons. The fourth-order valence-electron chi connectivity index (χ4n) is 3.05. The van der Waals surface area contributed by atoms with E-state index in [-0.39, 0.29) is 12.0 Å². The van der Waals surface area contributed by atoms with Gasteiger partial charge in [-0.05, 0) is 24.0 Å². The molecule has 0 bridgehead atoms. The minimum Gasteiger partial charge on any atom is -0.465 e. The van der Waals surface area contributed by atoms with E-state index in [1.165, 1.54) is 11.1 Å². The van der Waals surface area contributed by atoms with Gasteiger partial charge in [-0.1, -0.05) is 87.4 Å². The zero-order chi connectivity index (χ0) is 18.6. The van der Waals surface area contributed by atoms with Crippen LogP contribution in [-0.4, -0.2) is 23.5 Å². The van der Waals surface area contributed by atoms with Crippen LogP contribution in [0.3, 0.4) is 0 Å². The summed E-state index contributed by atoms with van der Waals surface area (Å²) in [6, 6.07) is 20.5. The lowest BCUT2D eigenvalue weighted by Gasteiger charge is -2.30. The van der Waals surface area contributed by atoms with E-state index in [9.17, 15) is 4.79 Å². The molecule has 26 heavy (non-hydrogen) atoms. The first kappa shape index (κ1) is 20.2. The van der Waals surface area contributed by atoms with Gasteiger partial charge in [0.25, 0.3) is 0 Å². The van der Waals surface area contributed by atoms with Crippen LogP contribution in [0.4, 0.5) is 0 Å². The van der Waals surface area contributed by atoms with Crippen LogP contribution < -0.4 is 0 Å². The molecule has 0 aliphatic heterocycles. The highest BCUT2D eigenvalue weighted by Gasteiger charge is 2.26. The maximum absolute atomic E-state index is 12.8. The van der Waals surface area contributed by atoms with E-state index in [0.717, 1.165) is 38.8 Å². The van der Waals surface area contributed by atoms with Crippen LogP contribution in [0.1, 0.15) is 50.7 Å². The number of carbonyl (C=O) groups is 1. The van der Waals surface area contributed by atoms with Crippen LogP contribution in [-0.2, 0) is 22.6 Å². The summed E-state index contributed by atoms with van der Waals surface area (Å²) in [6.07, 6.45) is 3.71. The molecule has 0 aromatic heterocycles. The molecule has 0 aliphatic rings. The molecule has 0 aliphatic carbocycles. The largest absolute Gasteiger partial charge is 0.465 e. The van der Waals surface area contributed by atoms with E-state index in [2.05, 4.69) is 43.0 Å². The zero-order valence-corrected chi connectivity index (χ0v) is 16.1. The van der Waals surface area contributed by atoms with E-state index < -0.39 is 0 Å².